The van der Waals surface area contributed by atoms with Gasteiger partial charge < -0.3 is 15.0 Å². The minimum absolute atomic E-state index is 0.0215. The van der Waals surface area contributed by atoms with Gasteiger partial charge in [-0.1, -0.05) is 6.07 Å². The zero-order valence-electron chi connectivity index (χ0n) is 13.9. The molecule has 1 N–H and O–H groups in total. The fourth-order valence-corrected chi connectivity index (χ4v) is 2.69. The molecule has 1 aromatic rings. The molecule has 7 heteroatoms. The number of hydrogen-bond donors (Lipinski definition) is 1. The van der Waals surface area contributed by atoms with E-state index < -0.39 is 13.0 Å². The van der Waals surface area contributed by atoms with Crippen molar-refractivity contribution in [1.82, 2.24) is 4.90 Å². The molecule has 1 fully saturated rings. The standard InChI is InChI=1S/C17H22F2N2O3/c1-11-3-4-14(9-15(11)24-10-16(18)19)20-17(23)13-5-7-21(8-6-13)12(2)22/h3-4,9,13,16H,5-8,10H2,1-2H3,(H,20,23). The van der Waals surface area contributed by atoms with E-state index in [0.717, 1.165) is 5.56 Å². The van der Waals surface area contributed by atoms with E-state index in [9.17, 15) is 18.4 Å². The summed E-state index contributed by atoms with van der Waals surface area (Å²) in [6.45, 7) is 3.74. The molecule has 2 rings (SSSR count). The quantitative estimate of drug-likeness (QED) is 0.897. The molecule has 0 saturated carbocycles. The average molecular weight is 340 g/mol. The average Bonchev–Trinajstić information content (AvgIpc) is 2.55. The molecule has 0 aromatic heterocycles. The van der Waals surface area contributed by atoms with Crippen LogP contribution in [0.15, 0.2) is 18.2 Å². The molecule has 2 amide bonds. The molecule has 0 radical (unpaired) electrons. The van der Waals surface area contributed by atoms with E-state index in [0.29, 0.717) is 37.4 Å². The van der Waals surface area contributed by atoms with Crippen molar-refractivity contribution in [2.45, 2.75) is 33.1 Å². The minimum atomic E-state index is -2.55. The summed E-state index contributed by atoms with van der Waals surface area (Å²) in [5, 5.41) is 2.80. The molecule has 1 aliphatic heterocycles. The maximum atomic E-state index is 12.3. The second kappa shape index (κ2) is 8.08. The van der Waals surface area contributed by atoms with Crippen LogP contribution in [0.3, 0.4) is 0 Å². The molecule has 1 aliphatic rings. The Morgan fingerprint density at radius 3 is 2.58 bits per heavy atom. The van der Waals surface area contributed by atoms with Crippen LogP contribution in [0.5, 0.6) is 5.75 Å². The third kappa shape index (κ3) is 4.91. The van der Waals surface area contributed by atoms with E-state index in [4.69, 9.17) is 4.74 Å². The summed E-state index contributed by atoms with van der Waals surface area (Å²) in [6.07, 6.45) is -1.31. The van der Waals surface area contributed by atoms with Crippen LogP contribution in [0.1, 0.15) is 25.3 Å². The Labute approximate surface area is 140 Å². The van der Waals surface area contributed by atoms with Gasteiger partial charge in [-0.2, -0.15) is 0 Å². The fourth-order valence-electron chi connectivity index (χ4n) is 2.69. The van der Waals surface area contributed by atoms with Gasteiger partial charge in [-0.25, -0.2) is 8.78 Å². The van der Waals surface area contributed by atoms with E-state index >= 15 is 0 Å². The molecule has 0 spiro atoms. The molecule has 1 heterocycles. The molecular formula is C17H22F2N2O3. The number of anilines is 1. The number of carbonyl (C=O) groups is 2. The number of aryl methyl sites for hydroxylation is 1. The predicted molar refractivity (Wildman–Crippen MR) is 86.3 cm³/mol. The summed E-state index contributed by atoms with van der Waals surface area (Å²) in [6, 6.07) is 4.99. The molecule has 0 unspecified atom stereocenters. The van der Waals surface area contributed by atoms with Crippen LogP contribution < -0.4 is 10.1 Å². The lowest BCUT2D eigenvalue weighted by molar-refractivity contribution is -0.132. The number of alkyl halides is 2. The molecule has 0 atom stereocenters. The lowest BCUT2D eigenvalue weighted by atomic mass is 9.95. The summed E-state index contributed by atoms with van der Waals surface area (Å²) >= 11 is 0. The summed E-state index contributed by atoms with van der Waals surface area (Å²) in [7, 11) is 0. The van der Waals surface area contributed by atoms with Crippen molar-refractivity contribution in [3.05, 3.63) is 23.8 Å². The number of likely N-dealkylation sites (tertiary alicyclic amines) is 1. The first-order valence-corrected chi connectivity index (χ1v) is 7.94. The zero-order valence-corrected chi connectivity index (χ0v) is 13.9. The molecule has 24 heavy (non-hydrogen) atoms. The number of halogens is 2. The number of rotatable bonds is 5. The highest BCUT2D eigenvalue weighted by Gasteiger charge is 2.26. The van der Waals surface area contributed by atoms with E-state index in [1.54, 1.807) is 30.0 Å². The first-order chi connectivity index (χ1) is 11.4. The first kappa shape index (κ1) is 18.2. The van der Waals surface area contributed by atoms with E-state index in [1.165, 1.54) is 6.92 Å². The van der Waals surface area contributed by atoms with Gasteiger partial charge in [-0.15, -0.1) is 0 Å². The molecule has 132 valence electrons. The minimum Gasteiger partial charge on any atom is -0.487 e. The van der Waals surface area contributed by atoms with Crippen molar-refractivity contribution >= 4 is 17.5 Å². The molecule has 1 saturated heterocycles. The molecular weight excluding hydrogens is 318 g/mol. The number of carbonyl (C=O) groups excluding carboxylic acids is 2. The van der Waals surface area contributed by atoms with E-state index in [2.05, 4.69) is 5.32 Å². The van der Waals surface area contributed by atoms with Gasteiger partial charge in [-0.05, 0) is 31.4 Å². The van der Waals surface area contributed by atoms with Crippen LogP contribution in [0.25, 0.3) is 0 Å². The smallest absolute Gasteiger partial charge is 0.272 e. The zero-order chi connectivity index (χ0) is 17.7. The maximum Gasteiger partial charge on any atom is 0.272 e. The van der Waals surface area contributed by atoms with E-state index in [-0.39, 0.29) is 17.7 Å². The maximum absolute atomic E-state index is 12.3. The van der Waals surface area contributed by atoms with Crippen LogP contribution >= 0.6 is 0 Å². The number of amides is 2. The Kier molecular flexibility index (Phi) is 6.11. The van der Waals surface area contributed by atoms with E-state index in [1.807, 2.05) is 0 Å². The monoisotopic (exact) mass is 340 g/mol. The summed E-state index contributed by atoms with van der Waals surface area (Å²) < 4.78 is 29.6. The largest absolute Gasteiger partial charge is 0.487 e. The van der Waals surface area contributed by atoms with Gasteiger partial charge in [0.15, 0.2) is 0 Å². The normalized spacial score (nSPS) is 15.5. The third-order valence-electron chi connectivity index (χ3n) is 4.13. The summed E-state index contributed by atoms with van der Waals surface area (Å²) in [5.74, 6) is 0.0712. The Morgan fingerprint density at radius 1 is 1.33 bits per heavy atom. The third-order valence-corrected chi connectivity index (χ3v) is 4.13. The number of hydrogen-bond acceptors (Lipinski definition) is 3. The van der Waals surface area contributed by atoms with Crippen molar-refractivity contribution in [1.29, 1.82) is 0 Å². The Hall–Kier alpha value is -2.18. The fraction of sp³-hybridized carbons (Fsp3) is 0.529. The van der Waals surface area contributed by atoms with Crippen molar-refractivity contribution in [2.75, 3.05) is 25.0 Å². The highest BCUT2D eigenvalue weighted by molar-refractivity contribution is 5.93. The van der Waals surface area contributed by atoms with Gasteiger partial charge in [-0.3, -0.25) is 9.59 Å². The van der Waals surface area contributed by atoms with Crippen LogP contribution in [0, 0.1) is 12.8 Å². The van der Waals surface area contributed by atoms with Crippen molar-refractivity contribution in [3.8, 4) is 5.75 Å². The van der Waals surface area contributed by atoms with Gasteiger partial charge in [0.25, 0.3) is 6.43 Å². The lowest BCUT2D eigenvalue weighted by Gasteiger charge is -2.30. The number of piperidine rings is 1. The molecule has 0 bridgehead atoms. The second-order valence-corrected chi connectivity index (χ2v) is 5.95. The first-order valence-electron chi connectivity index (χ1n) is 7.94. The number of ether oxygens (including phenoxy) is 1. The Bertz CT molecular complexity index is 599. The van der Waals surface area contributed by atoms with Gasteiger partial charge in [0.05, 0.1) is 0 Å². The molecule has 0 aliphatic carbocycles. The van der Waals surface area contributed by atoms with Crippen molar-refractivity contribution in [2.24, 2.45) is 5.92 Å². The van der Waals surface area contributed by atoms with Crippen LogP contribution in [0.4, 0.5) is 14.5 Å². The lowest BCUT2D eigenvalue weighted by Crippen LogP contribution is -2.40. The van der Waals surface area contributed by atoms with Gasteiger partial charge in [0.1, 0.15) is 12.4 Å². The van der Waals surface area contributed by atoms with Gasteiger partial charge in [0, 0.05) is 37.7 Å². The van der Waals surface area contributed by atoms with Crippen molar-refractivity contribution < 1.29 is 23.1 Å². The highest BCUT2D eigenvalue weighted by Crippen LogP contribution is 2.25. The van der Waals surface area contributed by atoms with Crippen LogP contribution in [-0.2, 0) is 9.59 Å². The summed E-state index contributed by atoms with van der Waals surface area (Å²) in [5.41, 5.74) is 1.24. The van der Waals surface area contributed by atoms with Crippen LogP contribution in [-0.4, -0.2) is 42.8 Å². The highest BCUT2D eigenvalue weighted by atomic mass is 19.3. The number of nitrogens with one attached hydrogen (secondary N) is 1. The van der Waals surface area contributed by atoms with Gasteiger partial charge in [0.2, 0.25) is 11.8 Å². The number of benzene rings is 1. The number of nitrogens with zero attached hydrogens (tertiary/aromatic N) is 1. The topological polar surface area (TPSA) is 58.6 Å². The Morgan fingerprint density at radius 2 is 2.00 bits per heavy atom. The molecule has 5 nitrogen and oxygen atoms in total. The Balaban J connectivity index is 1.94. The SMILES string of the molecule is CC(=O)N1CCC(C(=O)Nc2ccc(C)c(OCC(F)F)c2)CC1. The van der Waals surface area contributed by atoms with Crippen molar-refractivity contribution in [3.63, 3.8) is 0 Å². The van der Waals surface area contributed by atoms with Crippen LogP contribution in [0.2, 0.25) is 0 Å². The molecule has 1 aromatic carbocycles. The summed E-state index contributed by atoms with van der Waals surface area (Å²) in [4.78, 5) is 25.4. The second-order valence-electron chi connectivity index (χ2n) is 5.95. The van der Waals surface area contributed by atoms with Gasteiger partial charge >= 0.3 is 0 Å². The predicted octanol–water partition coefficient (Wildman–Crippen LogP) is 2.84.